The maximum atomic E-state index is 12.7. The molecule has 0 aliphatic heterocycles. The summed E-state index contributed by atoms with van der Waals surface area (Å²) in [7, 11) is 1.48. The minimum absolute atomic E-state index is 0.0386. The summed E-state index contributed by atoms with van der Waals surface area (Å²) in [6.45, 7) is 2.00. The average molecular weight is 312 g/mol. The largest absolute Gasteiger partial charge is 0.496 e. The van der Waals surface area contributed by atoms with Crippen molar-refractivity contribution >= 4 is 23.5 Å². The number of methoxy groups -OCH3 is 1. The van der Waals surface area contributed by atoms with E-state index in [0.717, 1.165) is 12.8 Å². The van der Waals surface area contributed by atoms with E-state index in [4.69, 9.17) is 21.1 Å². The lowest BCUT2D eigenvalue weighted by Gasteiger charge is -2.22. The maximum absolute atomic E-state index is 12.7. The highest BCUT2D eigenvalue weighted by atomic mass is 35.5. The SMILES string of the molecule is CCOC(=O)CN(C(=O)c1ccc(Cl)cc1OC)C1CC1. The second kappa shape index (κ2) is 6.80. The van der Waals surface area contributed by atoms with Gasteiger partial charge in [-0.25, -0.2) is 0 Å². The highest BCUT2D eigenvalue weighted by Gasteiger charge is 2.35. The van der Waals surface area contributed by atoms with Crippen LogP contribution >= 0.6 is 11.6 Å². The van der Waals surface area contributed by atoms with Crippen molar-refractivity contribution in [3.05, 3.63) is 28.8 Å². The quantitative estimate of drug-likeness (QED) is 0.758. The summed E-state index contributed by atoms with van der Waals surface area (Å²) in [6.07, 6.45) is 1.81. The van der Waals surface area contributed by atoms with E-state index in [-0.39, 0.29) is 18.5 Å². The standard InChI is InChI=1S/C15H18ClNO4/c1-3-21-14(18)9-17(11-5-6-11)15(19)12-7-4-10(16)8-13(12)20-2/h4,7-8,11H,3,5-6,9H2,1-2H3. The van der Waals surface area contributed by atoms with Crippen LogP contribution in [0.3, 0.4) is 0 Å². The minimum Gasteiger partial charge on any atom is -0.496 e. The van der Waals surface area contributed by atoms with Gasteiger partial charge in [0.05, 0.1) is 19.3 Å². The van der Waals surface area contributed by atoms with Crippen LogP contribution in [0.2, 0.25) is 5.02 Å². The number of ether oxygens (including phenoxy) is 2. The van der Waals surface area contributed by atoms with Gasteiger partial charge in [0.2, 0.25) is 0 Å². The Balaban J connectivity index is 2.20. The molecular weight excluding hydrogens is 294 g/mol. The Labute approximate surface area is 128 Å². The van der Waals surface area contributed by atoms with E-state index >= 15 is 0 Å². The molecule has 1 aromatic rings. The van der Waals surface area contributed by atoms with Gasteiger partial charge in [-0.2, -0.15) is 0 Å². The van der Waals surface area contributed by atoms with Gasteiger partial charge in [0, 0.05) is 11.1 Å². The van der Waals surface area contributed by atoms with E-state index < -0.39 is 5.97 Å². The van der Waals surface area contributed by atoms with Crippen LogP contribution in [-0.2, 0) is 9.53 Å². The third-order valence-electron chi connectivity index (χ3n) is 3.25. The van der Waals surface area contributed by atoms with Crippen molar-refractivity contribution in [3.63, 3.8) is 0 Å². The maximum Gasteiger partial charge on any atom is 0.325 e. The number of carbonyl (C=O) groups excluding carboxylic acids is 2. The summed E-state index contributed by atoms with van der Waals surface area (Å²) < 4.78 is 10.1. The lowest BCUT2D eigenvalue weighted by molar-refractivity contribution is -0.144. The molecule has 2 rings (SSSR count). The molecule has 6 heteroatoms. The first kappa shape index (κ1) is 15.6. The number of halogens is 1. The number of nitrogens with zero attached hydrogens (tertiary/aromatic N) is 1. The topological polar surface area (TPSA) is 55.8 Å². The number of carbonyl (C=O) groups is 2. The first-order chi connectivity index (χ1) is 10.1. The molecule has 114 valence electrons. The fourth-order valence-corrected chi connectivity index (χ4v) is 2.26. The molecule has 1 saturated carbocycles. The van der Waals surface area contributed by atoms with Gasteiger partial charge in [-0.1, -0.05) is 11.6 Å². The fraction of sp³-hybridized carbons (Fsp3) is 0.467. The molecule has 0 N–H and O–H groups in total. The molecule has 0 aromatic heterocycles. The number of benzene rings is 1. The molecule has 0 bridgehead atoms. The van der Waals surface area contributed by atoms with Gasteiger partial charge in [0.25, 0.3) is 5.91 Å². The number of esters is 1. The van der Waals surface area contributed by atoms with Crippen LogP contribution in [0, 0.1) is 0 Å². The van der Waals surface area contributed by atoms with Crippen molar-refractivity contribution in [2.24, 2.45) is 0 Å². The van der Waals surface area contributed by atoms with E-state index in [1.54, 1.807) is 30.0 Å². The molecule has 1 aliphatic carbocycles. The van der Waals surface area contributed by atoms with Crippen molar-refractivity contribution in [1.82, 2.24) is 4.90 Å². The van der Waals surface area contributed by atoms with Crippen LogP contribution in [0.25, 0.3) is 0 Å². The molecule has 0 spiro atoms. The summed E-state index contributed by atoms with van der Waals surface area (Å²) in [5.41, 5.74) is 0.401. The first-order valence-corrected chi connectivity index (χ1v) is 7.24. The lowest BCUT2D eigenvalue weighted by atomic mass is 10.1. The van der Waals surface area contributed by atoms with E-state index in [1.165, 1.54) is 7.11 Å². The Hall–Kier alpha value is -1.75. The first-order valence-electron chi connectivity index (χ1n) is 6.87. The van der Waals surface area contributed by atoms with Crippen LogP contribution in [0.1, 0.15) is 30.1 Å². The second-order valence-electron chi connectivity index (χ2n) is 4.81. The Morgan fingerprint density at radius 2 is 2.10 bits per heavy atom. The summed E-state index contributed by atoms with van der Waals surface area (Å²) in [5, 5.41) is 0.492. The smallest absolute Gasteiger partial charge is 0.325 e. The molecule has 1 amide bonds. The van der Waals surface area contributed by atoms with Gasteiger partial charge in [0.1, 0.15) is 12.3 Å². The van der Waals surface area contributed by atoms with Crippen molar-refractivity contribution in [3.8, 4) is 5.75 Å². The monoisotopic (exact) mass is 311 g/mol. The van der Waals surface area contributed by atoms with Crippen molar-refractivity contribution < 1.29 is 19.1 Å². The molecule has 1 aromatic carbocycles. The molecule has 1 aliphatic rings. The van der Waals surface area contributed by atoms with Crippen LogP contribution in [0.5, 0.6) is 5.75 Å². The predicted molar refractivity (Wildman–Crippen MR) is 78.7 cm³/mol. The molecule has 0 heterocycles. The zero-order valence-corrected chi connectivity index (χ0v) is 12.9. The van der Waals surface area contributed by atoms with Gasteiger partial charge in [-0.05, 0) is 38.0 Å². The molecular formula is C15H18ClNO4. The lowest BCUT2D eigenvalue weighted by Crippen LogP contribution is -2.38. The van der Waals surface area contributed by atoms with E-state index in [0.29, 0.717) is 22.9 Å². The highest BCUT2D eigenvalue weighted by molar-refractivity contribution is 6.30. The van der Waals surface area contributed by atoms with Crippen molar-refractivity contribution in [2.75, 3.05) is 20.3 Å². The number of rotatable bonds is 6. The van der Waals surface area contributed by atoms with E-state index in [2.05, 4.69) is 0 Å². The third kappa shape index (κ3) is 3.88. The number of hydrogen-bond donors (Lipinski definition) is 0. The molecule has 0 radical (unpaired) electrons. The molecule has 0 saturated heterocycles. The average Bonchev–Trinajstić information content (AvgIpc) is 3.28. The van der Waals surface area contributed by atoms with E-state index in [1.807, 2.05) is 0 Å². The normalized spacial score (nSPS) is 13.7. The summed E-state index contributed by atoms with van der Waals surface area (Å²) >= 11 is 5.90. The highest BCUT2D eigenvalue weighted by Crippen LogP contribution is 2.31. The van der Waals surface area contributed by atoms with Gasteiger partial charge >= 0.3 is 5.97 Å². The summed E-state index contributed by atoms with van der Waals surface area (Å²) in [5.74, 6) is -0.230. The van der Waals surface area contributed by atoms with Gasteiger partial charge in [0.15, 0.2) is 0 Å². The van der Waals surface area contributed by atoms with Gasteiger partial charge in [-0.15, -0.1) is 0 Å². The van der Waals surface area contributed by atoms with Gasteiger partial charge < -0.3 is 14.4 Å². The third-order valence-corrected chi connectivity index (χ3v) is 3.48. The Morgan fingerprint density at radius 1 is 1.38 bits per heavy atom. The van der Waals surface area contributed by atoms with Crippen LogP contribution < -0.4 is 4.74 Å². The van der Waals surface area contributed by atoms with E-state index in [9.17, 15) is 9.59 Å². The second-order valence-corrected chi connectivity index (χ2v) is 5.25. The zero-order valence-electron chi connectivity index (χ0n) is 12.1. The van der Waals surface area contributed by atoms with Gasteiger partial charge in [-0.3, -0.25) is 9.59 Å². The molecule has 1 fully saturated rings. The van der Waals surface area contributed by atoms with Crippen LogP contribution in [-0.4, -0.2) is 43.1 Å². The fourth-order valence-electron chi connectivity index (χ4n) is 2.10. The van der Waals surface area contributed by atoms with Crippen LogP contribution in [0.4, 0.5) is 0 Å². The number of amides is 1. The molecule has 0 atom stereocenters. The van der Waals surface area contributed by atoms with Crippen molar-refractivity contribution in [2.45, 2.75) is 25.8 Å². The number of hydrogen-bond acceptors (Lipinski definition) is 4. The Kier molecular flexibility index (Phi) is 5.07. The van der Waals surface area contributed by atoms with Crippen LogP contribution in [0.15, 0.2) is 18.2 Å². The Morgan fingerprint density at radius 3 is 2.67 bits per heavy atom. The van der Waals surface area contributed by atoms with Crippen molar-refractivity contribution in [1.29, 1.82) is 0 Å². The molecule has 21 heavy (non-hydrogen) atoms. The molecule has 0 unspecified atom stereocenters. The Bertz CT molecular complexity index is 542. The summed E-state index contributed by atoms with van der Waals surface area (Å²) in [6, 6.07) is 4.93. The summed E-state index contributed by atoms with van der Waals surface area (Å²) in [4.78, 5) is 25.9. The minimum atomic E-state index is -0.398. The molecule has 5 nitrogen and oxygen atoms in total. The zero-order chi connectivity index (χ0) is 15.4. The predicted octanol–water partition coefficient (Wildman–Crippen LogP) is 2.52.